The molecular weight excluding hydrogens is 347 g/mol. The molecule has 0 spiro atoms. The van der Waals surface area contributed by atoms with E-state index in [1.165, 1.54) is 6.07 Å². The van der Waals surface area contributed by atoms with Crippen LogP contribution in [-0.2, 0) is 11.0 Å². The van der Waals surface area contributed by atoms with E-state index in [4.69, 9.17) is 4.74 Å². The Morgan fingerprint density at radius 2 is 1.92 bits per heavy atom. The summed E-state index contributed by atoms with van der Waals surface area (Å²) in [7, 11) is 0. The predicted octanol–water partition coefficient (Wildman–Crippen LogP) is 3.32. The molecule has 0 bridgehead atoms. The van der Waals surface area contributed by atoms with Crippen molar-refractivity contribution in [2.75, 3.05) is 25.0 Å². The number of pyridine rings is 1. The number of nitrogens with one attached hydrogen (secondary N) is 2. The summed E-state index contributed by atoms with van der Waals surface area (Å²) in [5.74, 6) is 0.670. The zero-order chi connectivity index (χ0) is 19.2. The maximum Gasteiger partial charge on any atom is 0.417 e. The van der Waals surface area contributed by atoms with Crippen LogP contribution in [0.25, 0.3) is 0 Å². The van der Waals surface area contributed by atoms with Gasteiger partial charge in [-0.05, 0) is 37.6 Å². The molecule has 0 aliphatic heterocycles. The maximum absolute atomic E-state index is 12.4. The molecule has 2 rings (SSSR count). The van der Waals surface area contributed by atoms with Crippen LogP contribution in [-0.4, -0.2) is 30.6 Å². The summed E-state index contributed by atoms with van der Waals surface area (Å²) in [5, 5.41) is 5.49. The minimum absolute atomic E-state index is 0.109. The van der Waals surface area contributed by atoms with E-state index in [1.807, 2.05) is 32.0 Å². The second-order valence-electron chi connectivity index (χ2n) is 5.76. The molecule has 0 aliphatic rings. The monoisotopic (exact) mass is 367 g/mol. The Labute approximate surface area is 149 Å². The number of benzene rings is 1. The fourth-order valence-corrected chi connectivity index (χ4v) is 2.21. The van der Waals surface area contributed by atoms with Gasteiger partial charge in [0.05, 0.1) is 5.56 Å². The molecule has 1 heterocycles. The van der Waals surface area contributed by atoms with Crippen molar-refractivity contribution >= 4 is 11.7 Å². The minimum atomic E-state index is -4.41. The minimum Gasteiger partial charge on any atom is -0.484 e. The van der Waals surface area contributed by atoms with Gasteiger partial charge in [-0.2, -0.15) is 13.2 Å². The lowest BCUT2D eigenvalue weighted by molar-refractivity contribution is -0.137. The van der Waals surface area contributed by atoms with Gasteiger partial charge < -0.3 is 15.4 Å². The number of aromatic nitrogens is 1. The standard InChI is InChI=1S/C18H20F3N3O2/c1-12-3-5-15(13(2)9-12)26-11-17(25)23-8-7-22-16-6-4-14(10-24-16)18(19,20)21/h3-6,9-10H,7-8,11H2,1-2H3,(H,22,24)(H,23,25). The second-order valence-corrected chi connectivity index (χ2v) is 5.76. The smallest absolute Gasteiger partial charge is 0.417 e. The van der Waals surface area contributed by atoms with Gasteiger partial charge in [0.25, 0.3) is 5.91 Å². The molecule has 140 valence electrons. The van der Waals surface area contributed by atoms with Gasteiger partial charge in [0.15, 0.2) is 6.61 Å². The van der Waals surface area contributed by atoms with Crippen LogP contribution in [0.2, 0.25) is 0 Å². The van der Waals surface area contributed by atoms with E-state index in [9.17, 15) is 18.0 Å². The first-order valence-electron chi connectivity index (χ1n) is 7.99. The molecule has 8 heteroatoms. The van der Waals surface area contributed by atoms with Crippen LogP contribution < -0.4 is 15.4 Å². The van der Waals surface area contributed by atoms with E-state index >= 15 is 0 Å². The van der Waals surface area contributed by atoms with Crippen LogP contribution in [0.4, 0.5) is 19.0 Å². The highest BCUT2D eigenvalue weighted by Gasteiger charge is 2.30. The van der Waals surface area contributed by atoms with Crippen molar-refractivity contribution in [3.63, 3.8) is 0 Å². The summed E-state index contributed by atoms with van der Waals surface area (Å²) in [4.78, 5) is 15.4. The van der Waals surface area contributed by atoms with Crippen molar-refractivity contribution in [1.82, 2.24) is 10.3 Å². The van der Waals surface area contributed by atoms with Gasteiger partial charge in [-0.25, -0.2) is 4.98 Å². The predicted molar refractivity (Wildman–Crippen MR) is 92.1 cm³/mol. The van der Waals surface area contributed by atoms with Crippen LogP contribution in [0.1, 0.15) is 16.7 Å². The van der Waals surface area contributed by atoms with Gasteiger partial charge in [0.1, 0.15) is 11.6 Å². The first-order chi connectivity index (χ1) is 12.3. The molecule has 0 atom stereocenters. The number of rotatable bonds is 7. The highest BCUT2D eigenvalue weighted by molar-refractivity contribution is 5.77. The molecule has 0 radical (unpaired) electrons. The van der Waals surface area contributed by atoms with Gasteiger partial charge in [0.2, 0.25) is 0 Å². The Hall–Kier alpha value is -2.77. The van der Waals surface area contributed by atoms with Gasteiger partial charge >= 0.3 is 6.18 Å². The van der Waals surface area contributed by atoms with Crippen molar-refractivity contribution < 1.29 is 22.7 Å². The Balaban J connectivity index is 1.68. The van der Waals surface area contributed by atoms with Crippen molar-refractivity contribution in [3.05, 3.63) is 53.2 Å². The number of halogens is 3. The fraction of sp³-hybridized carbons (Fsp3) is 0.333. The van der Waals surface area contributed by atoms with Gasteiger partial charge in [-0.3, -0.25) is 4.79 Å². The summed E-state index contributed by atoms with van der Waals surface area (Å²) in [5.41, 5.74) is 1.26. The molecule has 2 aromatic rings. The van der Waals surface area contributed by atoms with Crippen LogP contribution in [0.15, 0.2) is 36.5 Å². The molecule has 1 aromatic carbocycles. The van der Waals surface area contributed by atoms with Gasteiger partial charge in [0, 0.05) is 19.3 Å². The molecule has 0 aliphatic carbocycles. The van der Waals surface area contributed by atoms with Crippen molar-refractivity contribution in [2.24, 2.45) is 0 Å². The Bertz CT molecular complexity index is 746. The molecule has 1 aromatic heterocycles. The SMILES string of the molecule is Cc1ccc(OCC(=O)NCCNc2ccc(C(F)(F)F)cn2)c(C)c1. The summed E-state index contributed by atoms with van der Waals surface area (Å²) in [6.07, 6.45) is -3.64. The lowest BCUT2D eigenvalue weighted by atomic mass is 10.1. The van der Waals surface area contributed by atoms with E-state index in [2.05, 4.69) is 15.6 Å². The number of hydrogen-bond acceptors (Lipinski definition) is 4. The Morgan fingerprint density at radius 1 is 1.15 bits per heavy atom. The number of anilines is 1. The number of ether oxygens (including phenoxy) is 1. The number of hydrogen-bond donors (Lipinski definition) is 2. The fourth-order valence-electron chi connectivity index (χ4n) is 2.21. The van der Waals surface area contributed by atoms with E-state index in [-0.39, 0.29) is 19.1 Å². The largest absolute Gasteiger partial charge is 0.484 e. The quantitative estimate of drug-likeness (QED) is 0.737. The van der Waals surface area contributed by atoms with Crippen LogP contribution in [0.5, 0.6) is 5.75 Å². The Kier molecular flexibility index (Phi) is 6.43. The molecule has 26 heavy (non-hydrogen) atoms. The third-order valence-electron chi connectivity index (χ3n) is 3.53. The number of alkyl halides is 3. The first-order valence-corrected chi connectivity index (χ1v) is 7.99. The third kappa shape index (κ3) is 5.94. The lowest BCUT2D eigenvalue weighted by Gasteiger charge is -2.11. The number of amides is 1. The highest BCUT2D eigenvalue weighted by Crippen LogP contribution is 2.28. The van der Waals surface area contributed by atoms with Crippen molar-refractivity contribution in [1.29, 1.82) is 0 Å². The van der Waals surface area contributed by atoms with Gasteiger partial charge in [-0.15, -0.1) is 0 Å². The zero-order valence-electron chi connectivity index (χ0n) is 14.5. The van der Waals surface area contributed by atoms with Crippen molar-refractivity contribution in [3.8, 4) is 5.75 Å². The molecule has 0 fully saturated rings. The average Bonchev–Trinajstić information content (AvgIpc) is 2.57. The van der Waals surface area contributed by atoms with Crippen molar-refractivity contribution in [2.45, 2.75) is 20.0 Å². The lowest BCUT2D eigenvalue weighted by Crippen LogP contribution is -2.32. The number of carbonyl (C=O) groups excluding carboxylic acids is 1. The van der Waals surface area contributed by atoms with E-state index in [0.29, 0.717) is 18.1 Å². The normalized spacial score (nSPS) is 11.1. The average molecular weight is 367 g/mol. The maximum atomic E-state index is 12.4. The molecular formula is C18H20F3N3O2. The Morgan fingerprint density at radius 3 is 2.54 bits per heavy atom. The first kappa shape index (κ1) is 19.6. The second kappa shape index (κ2) is 8.55. The number of nitrogens with zero attached hydrogens (tertiary/aromatic N) is 1. The molecule has 5 nitrogen and oxygen atoms in total. The zero-order valence-corrected chi connectivity index (χ0v) is 14.5. The summed E-state index contributed by atoms with van der Waals surface area (Å²) >= 11 is 0. The van der Waals surface area contributed by atoms with Crippen LogP contribution >= 0.6 is 0 Å². The van der Waals surface area contributed by atoms with Gasteiger partial charge in [-0.1, -0.05) is 17.7 Å². The van der Waals surface area contributed by atoms with Crippen LogP contribution in [0, 0.1) is 13.8 Å². The molecule has 0 unspecified atom stereocenters. The van der Waals surface area contributed by atoms with Crippen LogP contribution in [0.3, 0.4) is 0 Å². The molecule has 0 saturated carbocycles. The molecule has 2 N–H and O–H groups in total. The van der Waals surface area contributed by atoms with E-state index < -0.39 is 11.7 Å². The van der Waals surface area contributed by atoms with E-state index in [0.717, 1.165) is 23.4 Å². The molecule has 0 saturated heterocycles. The summed E-state index contributed by atoms with van der Waals surface area (Å²) in [6, 6.07) is 7.88. The number of aryl methyl sites for hydroxylation is 2. The number of carbonyl (C=O) groups is 1. The van der Waals surface area contributed by atoms with E-state index in [1.54, 1.807) is 0 Å². The molecule has 1 amide bonds. The summed E-state index contributed by atoms with van der Waals surface area (Å²) in [6.45, 7) is 4.39. The summed E-state index contributed by atoms with van der Waals surface area (Å²) < 4.78 is 42.8. The topological polar surface area (TPSA) is 63.2 Å². The highest BCUT2D eigenvalue weighted by atomic mass is 19.4. The third-order valence-corrected chi connectivity index (χ3v) is 3.53.